The van der Waals surface area contributed by atoms with Gasteiger partial charge in [-0.3, -0.25) is 19.1 Å². The van der Waals surface area contributed by atoms with Crippen LogP contribution >= 0.6 is 0 Å². The number of benzene rings is 2. The highest BCUT2D eigenvalue weighted by Gasteiger charge is 2.26. The third-order valence-electron chi connectivity index (χ3n) is 4.47. The Labute approximate surface area is 164 Å². The summed E-state index contributed by atoms with van der Waals surface area (Å²) in [6.45, 7) is 1.92. The van der Waals surface area contributed by atoms with Gasteiger partial charge in [0.25, 0.3) is 10.1 Å². The summed E-state index contributed by atoms with van der Waals surface area (Å²) in [5.41, 5.74) is 2.64. The fraction of sp³-hybridized carbons (Fsp3) is 0.300. The van der Waals surface area contributed by atoms with Crippen LogP contribution in [0.15, 0.2) is 53.4 Å². The summed E-state index contributed by atoms with van der Waals surface area (Å²) in [6, 6.07) is 13.4. The van der Waals surface area contributed by atoms with Gasteiger partial charge in [-0.2, -0.15) is 8.42 Å². The Bertz CT molecular complexity index is 953. The summed E-state index contributed by atoms with van der Waals surface area (Å²) < 4.78 is 29.4. The number of carbonyl (C=O) groups is 2. The first-order chi connectivity index (χ1) is 13.3. The van der Waals surface area contributed by atoms with Gasteiger partial charge < -0.3 is 5.32 Å². The molecule has 1 heterocycles. The molecular formula is C20H22N2O5S. The average Bonchev–Trinajstić information content (AvgIpc) is 2.65. The molecule has 0 spiro atoms. The van der Waals surface area contributed by atoms with E-state index in [9.17, 15) is 18.0 Å². The smallest absolute Gasteiger partial charge is 0.296 e. The summed E-state index contributed by atoms with van der Waals surface area (Å²) in [6.07, 6.45) is 1.20. The largest absolute Gasteiger partial charge is 0.374 e. The number of imide groups is 1. The van der Waals surface area contributed by atoms with Gasteiger partial charge >= 0.3 is 0 Å². The topological polar surface area (TPSA) is 102 Å². The summed E-state index contributed by atoms with van der Waals surface area (Å²) in [4.78, 5) is 23.1. The Morgan fingerprint density at radius 3 is 2.39 bits per heavy atom. The molecule has 2 amide bonds. The third kappa shape index (κ3) is 5.17. The van der Waals surface area contributed by atoms with E-state index in [1.54, 1.807) is 12.1 Å². The minimum absolute atomic E-state index is 0.0378. The molecule has 1 fully saturated rings. The number of anilines is 1. The highest BCUT2D eigenvalue weighted by molar-refractivity contribution is 7.86. The highest BCUT2D eigenvalue weighted by Crippen LogP contribution is 2.17. The van der Waals surface area contributed by atoms with E-state index >= 15 is 0 Å². The van der Waals surface area contributed by atoms with Gasteiger partial charge in [-0.15, -0.1) is 0 Å². The monoisotopic (exact) mass is 402 g/mol. The molecule has 2 aromatic carbocycles. The second-order valence-electron chi connectivity index (χ2n) is 6.68. The number of carbonyl (C=O) groups excluding carboxylic acids is 2. The maximum absolute atomic E-state index is 12.2. The van der Waals surface area contributed by atoms with Crippen molar-refractivity contribution >= 4 is 27.6 Å². The molecule has 0 aliphatic carbocycles. The van der Waals surface area contributed by atoms with Crippen molar-refractivity contribution in [2.24, 2.45) is 0 Å². The lowest BCUT2D eigenvalue weighted by molar-refractivity contribution is -0.133. The van der Waals surface area contributed by atoms with Crippen molar-refractivity contribution in [2.45, 2.75) is 37.1 Å². The molecule has 1 atom stereocenters. The summed E-state index contributed by atoms with van der Waals surface area (Å²) in [5, 5.41) is 5.40. The summed E-state index contributed by atoms with van der Waals surface area (Å²) in [7, 11) is -3.77. The Kier molecular flexibility index (Phi) is 6.11. The Morgan fingerprint density at radius 2 is 1.75 bits per heavy atom. The van der Waals surface area contributed by atoms with Crippen LogP contribution in [0.5, 0.6) is 0 Å². The molecule has 1 aliphatic heterocycles. The molecule has 148 valence electrons. The molecule has 0 radical (unpaired) electrons. The van der Waals surface area contributed by atoms with Gasteiger partial charge in [0.05, 0.1) is 11.5 Å². The van der Waals surface area contributed by atoms with Crippen molar-refractivity contribution in [1.82, 2.24) is 5.32 Å². The lowest BCUT2D eigenvalue weighted by Gasteiger charge is -2.22. The number of amides is 2. The van der Waals surface area contributed by atoms with Crippen molar-refractivity contribution in [3.8, 4) is 0 Å². The van der Waals surface area contributed by atoms with Crippen molar-refractivity contribution in [1.29, 1.82) is 0 Å². The van der Waals surface area contributed by atoms with E-state index in [1.807, 2.05) is 31.2 Å². The lowest BCUT2D eigenvalue weighted by atomic mass is 10.1. The first-order valence-corrected chi connectivity index (χ1v) is 10.4. The SMILES string of the molecule is Cc1ccc(S(=O)(=O)OCCc2ccc(NC3CCC(=O)NC3=O)cc2)cc1. The predicted octanol–water partition coefficient (Wildman–Crippen LogP) is 2.16. The van der Waals surface area contributed by atoms with E-state index in [4.69, 9.17) is 4.18 Å². The second-order valence-corrected chi connectivity index (χ2v) is 8.30. The van der Waals surface area contributed by atoms with E-state index in [0.717, 1.165) is 16.8 Å². The number of hydrogen-bond donors (Lipinski definition) is 2. The minimum Gasteiger partial charge on any atom is -0.374 e. The van der Waals surface area contributed by atoms with Crippen LogP contribution in [0.25, 0.3) is 0 Å². The number of hydrogen-bond acceptors (Lipinski definition) is 6. The standard InChI is InChI=1S/C20H22N2O5S/c1-14-2-8-17(9-3-14)28(25,26)27-13-12-15-4-6-16(7-5-15)21-18-10-11-19(23)22-20(18)24/h2-9,18,21H,10-13H2,1H3,(H,22,23,24). The fourth-order valence-corrected chi connectivity index (χ4v) is 3.75. The van der Waals surface area contributed by atoms with Crippen molar-refractivity contribution in [2.75, 3.05) is 11.9 Å². The quantitative estimate of drug-likeness (QED) is 0.544. The minimum atomic E-state index is -3.77. The van der Waals surface area contributed by atoms with Gasteiger partial charge in [-0.25, -0.2) is 0 Å². The Hall–Kier alpha value is -2.71. The molecule has 0 bridgehead atoms. The predicted molar refractivity (Wildman–Crippen MR) is 104 cm³/mol. The fourth-order valence-electron chi connectivity index (χ4n) is 2.84. The third-order valence-corrected chi connectivity index (χ3v) is 5.80. The first-order valence-electron chi connectivity index (χ1n) is 8.99. The Morgan fingerprint density at radius 1 is 1.07 bits per heavy atom. The van der Waals surface area contributed by atoms with Crippen molar-refractivity contribution in [3.05, 3.63) is 59.7 Å². The normalized spacial score (nSPS) is 17.2. The number of nitrogens with one attached hydrogen (secondary N) is 2. The van der Waals surface area contributed by atoms with Crippen LogP contribution in [0.1, 0.15) is 24.0 Å². The van der Waals surface area contributed by atoms with Gasteiger partial charge in [0, 0.05) is 12.1 Å². The molecule has 2 N–H and O–H groups in total. The van der Waals surface area contributed by atoms with Crippen LogP contribution in [-0.4, -0.2) is 32.9 Å². The van der Waals surface area contributed by atoms with Gasteiger partial charge in [-0.1, -0.05) is 29.8 Å². The molecule has 2 aromatic rings. The Balaban J connectivity index is 1.51. The zero-order valence-corrected chi connectivity index (χ0v) is 16.3. The highest BCUT2D eigenvalue weighted by atomic mass is 32.2. The molecule has 28 heavy (non-hydrogen) atoms. The molecule has 1 aliphatic rings. The molecule has 7 nitrogen and oxygen atoms in total. The van der Waals surface area contributed by atoms with Crippen LogP contribution in [0, 0.1) is 6.92 Å². The molecule has 0 saturated carbocycles. The van der Waals surface area contributed by atoms with E-state index < -0.39 is 16.2 Å². The van der Waals surface area contributed by atoms with Gasteiger partial charge in [0.15, 0.2) is 0 Å². The number of rotatable bonds is 7. The van der Waals surface area contributed by atoms with E-state index in [-0.39, 0.29) is 23.3 Å². The van der Waals surface area contributed by atoms with Crippen molar-refractivity contribution < 1.29 is 22.2 Å². The average molecular weight is 402 g/mol. The second kappa shape index (κ2) is 8.53. The molecule has 8 heteroatoms. The van der Waals surface area contributed by atoms with Crippen LogP contribution in [0.2, 0.25) is 0 Å². The zero-order chi connectivity index (χ0) is 20.1. The van der Waals surface area contributed by atoms with Crippen LogP contribution in [0.4, 0.5) is 5.69 Å². The molecular weight excluding hydrogens is 380 g/mol. The summed E-state index contributed by atoms with van der Waals surface area (Å²) in [5.74, 6) is -0.575. The van der Waals surface area contributed by atoms with Crippen LogP contribution < -0.4 is 10.6 Å². The van der Waals surface area contributed by atoms with Crippen LogP contribution in [0.3, 0.4) is 0 Å². The maximum atomic E-state index is 12.2. The van der Waals surface area contributed by atoms with Gasteiger partial charge in [-0.05, 0) is 49.6 Å². The van der Waals surface area contributed by atoms with E-state index in [1.165, 1.54) is 12.1 Å². The van der Waals surface area contributed by atoms with E-state index in [0.29, 0.717) is 19.3 Å². The van der Waals surface area contributed by atoms with E-state index in [2.05, 4.69) is 10.6 Å². The van der Waals surface area contributed by atoms with Gasteiger partial charge in [0.2, 0.25) is 11.8 Å². The summed E-state index contributed by atoms with van der Waals surface area (Å²) >= 11 is 0. The number of piperidine rings is 1. The first kappa shape index (κ1) is 20.0. The molecule has 1 unspecified atom stereocenters. The maximum Gasteiger partial charge on any atom is 0.296 e. The van der Waals surface area contributed by atoms with Crippen LogP contribution in [-0.2, 0) is 30.3 Å². The molecule has 3 rings (SSSR count). The molecule has 0 aromatic heterocycles. The van der Waals surface area contributed by atoms with Crippen molar-refractivity contribution in [3.63, 3.8) is 0 Å². The lowest BCUT2D eigenvalue weighted by Crippen LogP contribution is -2.47. The van der Waals surface area contributed by atoms with Gasteiger partial charge in [0.1, 0.15) is 6.04 Å². The zero-order valence-electron chi connectivity index (χ0n) is 15.5. The number of aryl methyl sites for hydroxylation is 1. The molecule has 1 saturated heterocycles.